The molecule has 2 amide bonds. The molecule has 0 spiro atoms. The lowest BCUT2D eigenvalue weighted by molar-refractivity contribution is -0.115. The minimum absolute atomic E-state index is 0.0811. The second-order valence-electron chi connectivity index (χ2n) is 5.08. The van der Waals surface area contributed by atoms with Crippen molar-refractivity contribution in [1.29, 1.82) is 0 Å². The molecule has 118 valence electrons. The van der Waals surface area contributed by atoms with Gasteiger partial charge in [0.2, 0.25) is 5.91 Å². The Bertz CT molecular complexity index is 811. The number of nitrogens with one attached hydrogen (secondary N) is 2. The summed E-state index contributed by atoms with van der Waals surface area (Å²) in [5.74, 6) is -1.10. The normalized spacial score (nSPS) is 16.5. The first kappa shape index (κ1) is 15.9. The number of hydrogen-bond donors (Lipinski definition) is 3. The van der Waals surface area contributed by atoms with E-state index < -0.39 is 11.7 Å². The summed E-state index contributed by atoms with van der Waals surface area (Å²) in [6, 6.07) is 9.28. The van der Waals surface area contributed by atoms with Gasteiger partial charge in [-0.15, -0.1) is 24.4 Å². The van der Waals surface area contributed by atoms with E-state index in [1.807, 2.05) is 6.92 Å². The van der Waals surface area contributed by atoms with Gasteiger partial charge in [0, 0.05) is 15.4 Å². The number of hydrogen-bond acceptors (Lipinski definition) is 4. The standard InChI is InChI=1S/C16H13FN2O2S2/c1-8-15(20)19-13-6-9(2-5-14(13)23-8)16(21)18-12-4-3-10(22)7-11(12)17/h2-8,22H,1H3,(H,18,21)(H,19,20). The number of amides is 2. The van der Waals surface area contributed by atoms with Gasteiger partial charge in [0.1, 0.15) is 5.82 Å². The van der Waals surface area contributed by atoms with Crippen molar-refractivity contribution in [2.75, 3.05) is 10.6 Å². The molecule has 4 nitrogen and oxygen atoms in total. The van der Waals surface area contributed by atoms with Gasteiger partial charge in [0.25, 0.3) is 5.91 Å². The zero-order valence-electron chi connectivity index (χ0n) is 12.1. The van der Waals surface area contributed by atoms with E-state index >= 15 is 0 Å². The molecule has 3 rings (SSSR count). The number of thioether (sulfide) groups is 1. The zero-order chi connectivity index (χ0) is 16.6. The van der Waals surface area contributed by atoms with E-state index in [4.69, 9.17) is 0 Å². The lowest BCUT2D eigenvalue weighted by atomic mass is 10.1. The molecule has 0 saturated carbocycles. The van der Waals surface area contributed by atoms with E-state index in [0.29, 0.717) is 16.1 Å². The maximum Gasteiger partial charge on any atom is 0.255 e. The SMILES string of the molecule is CC1Sc2ccc(C(=O)Nc3ccc(S)cc3F)cc2NC1=O. The average molecular weight is 348 g/mol. The summed E-state index contributed by atoms with van der Waals surface area (Å²) in [6.07, 6.45) is 0. The first-order valence-electron chi connectivity index (χ1n) is 6.85. The molecule has 2 N–H and O–H groups in total. The molecule has 7 heteroatoms. The van der Waals surface area contributed by atoms with E-state index in [9.17, 15) is 14.0 Å². The van der Waals surface area contributed by atoms with Gasteiger partial charge in [-0.05, 0) is 43.3 Å². The number of benzene rings is 2. The Morgan fingerprint density at radius 1 is 1.30 bits per heavy atom. The molecule has 0 aromatic heterocycles. The summed E-state index contributed by atoms with van der Waals surface area (Å²) in [5, 5.41) is 5.11. The smallest absolute Gasteiger partial charge is 0.255 e. The molecule has 1 heterocycles. The number of anilines is 2. The fourth-order valence-corrected chi connectivity index (χ4v) is 3.27. The van der Waals surface area contributed by atoms with Gasteiger partial charge in [-0.1, -0.05) is 0 Å². The van der Waals surface area contributed by atoms with Crippen molar-refractivity contribution in [3.63, 3.8) is 0 Å². The lowest BCUT2D eigenvalue weighted by Gasteiger charge is -2.21. The first-order chi connectivity index (χ1) is 10.9. The van der Waals surface area contributed by atoms with Crippen LogP contribution in [0.3, 0.4) is 0 Å². The largest absolute Gasteiger partial charge is 0.324 e. The highest BCUT2D eigenvalue weighted by atomic mass is 32.2. The van der Waals surface area contributed by atoms with Crippen molar-refractivity contribution >= 4 is 47.6 Å². The highest BCUT2D eigenvalue weighted by molar-refractivity contribution is 8.00. The predicted octanol–water partition coefficient (Wildman–Crippen LogP) is 3.80. The molecule has 2 aromatic rings. The van der Waals surface area contributed by atoms with Gasteiger partial charge in [0.05, 0.1) is 16.6 Å². The number of thiol groups is 1. The molecular formula is C16H13FN2O2S2. The van der Waals surface area contributed by atoms with Crippen LogP contribution in [0, 0.1) is 5.82 Å². The van der Waals surface area contributed by atoms with Crippen molar-refractivity contribution in [1.82, 2.24) is 0 Å². The van der Waals surface area contributed by atoms with E-state index in [0.717, 1.165) is 4.90 Å². The Kier molecular flexibility index (Phi) is 4.32. The van der Waals surface area contributed by atoms with Crippen LogP contribution in [0.25, 0.3) is 0 Å². The third kappa shape index (κ3) is 3.35. The van der Waals surface area contributed by atoms with Crippen molar-refractivity contribution in [2.45, 2.75) is 22.0 Å². The Morgan fingerprint density at radius 3 is 2.83 bits per heavy atom. The molecule has 0 aliphatic carbocycles. The first-order valence-corrected chi connectivity index (χ1v) is 8.18. The van der Waals surface area contributed by atoms with Gasteiger partial charge in [-0.2, -0.15) is 0 Å². The maximum absolute atomic E-state index is 13.8. The lowest BCUT2D eigenvalue weighted by Crippen LogP contribution is -2.26. The number of carbonyl (C=O) groups is 2. The fraction of sp³-hybridized carbons (Fsp3) is 0.125. The van der Waals surface area contributed by atoms with Crippen LogP contribution in [-0.2, 0) is 4.79 Å². The van der Waals surface area contributed by atoms with Crippen molar-refractivity contribution in [3.05, 3.63) is 47.8 Å². The Balaban J connectivity index is 1.83. The Morgan fingerprint density at radius 2 is 2.09 bits per heavy atom. The van der Waals surface area contributed by atoms with E-state index in [2.05, 4.69) is 23.3 Å². The number of fused-ring (bicyclic) bond motifs is 1. The molecule has 2 aromatic carbocycles. The highest BCUT2D eigenvalue weighted by Crippen LogP contribution is 2.36. The summed E-state index contributed by atoms with van der Waals surface area (Å²) in [5.41, 5.74) is 1.02. The zero-order valence-corrected chi connectivity index (χ0v) is 13.8. The topological polar surface area (TPSA) is 58.2 Å². The summed E-state index contributed by atoms with van der Waals surface area (Å²) in [4.78, 5) is 25.4. The molecule has 0 saturated heterocycles. The van der Waals surface area contributed by atoms with Crippen LogP contribution in [-0.4, -0.2) is 17.1 Å². The number of rotatable bonds is 2. The average Bonchev–Trinajstić information content (AvgIpc) is 2.50. The summed E-state index contributed by atoms with van der Waals surface area (Å²) >= 11 is 5.47. The fourth-order valence-electron chi connectivity index (χ4n) is 2.15. The summed E-state index contributed by atoms with van der Waals surface area (Å²) in [7, 11) is 0. The minimum Gasteiger partial charge on any atom is -0.324 e. The predicted molar refractivity (Wildman–Crippen MR) is 92.0 cm³/mol. The molecule has 0 fully saturated rings. The van der Waals surface area contributed by atoms with Gasteiger partial charge in [-0.3, -0.25) is 9.59 Å². The van der Waals surface area contributed by atoms with Gasteiger partial charge in [0.15, 0.2) is 0 Å². The summed E-state index contributed by atoms with van der Waals surface area (Å²) in [6.45, 7) is 1.82. The molecule has 1 unspecified atom stereocenters. The van der Waals surface area contributed by atoms with Crippen LogP contribution in [0.1, 0.15) is 17.3 Å². The molecule has 1 aliphatic rings. The van der Waals surface area contributed by atoms with Crippen molar-refractivity contribution < 1.29 is 14.0 Å². The van der Waals surface area contributed by atoms with Gasteiger partial charge >= 0.3 is 0 Å². The summed E-state index contributed by atoms with van der Waals surface area (Å²) < 4.78 is 13.8. The second-order valence-corrected chi connectivity index (χ2v) is 6.98. The second kappa shape index (κ2) is 6.25. The van der Waals surface area contributed by atoms with Crippen molar-refractivity contribution in [2.24, 2.45) is 0 Å². The van der Waals surface area contributed by atoms with Crippen LogP contribution in [0.5, 0.6) is 0 Å². The van der Waals surface area contributed by atoms with Crippen LogP contribution in [0.15, 0.2) is 46.2 Å². The molecule has 1 aliphatic heterocycles. The maximum atomic E-state index is 13.8. The van der Waals surface area contributed by atoms with Gasteiger partial charge < -0.3 is 10.6 Å². The van der Waals surface area contributed by atoms with E-state index in [1.165, 1.54) is 23.9 Å². The van der Waals surface area contributed by atoms with Crippen LogP contribution < -0.4 is 10.6 Å². The van der Waals surface area contributed by atoms with E-state index in [1.54, 1.807) is 24.3 Å². The third-order valence-corrected chi connectivity index (χ3v) is 4.83. The van der Waals surface area contributed by atoms with Crippen LogP contribution in [0.4, 0.5) is 15.8 Å². The molecule has 0 bridgehead atoms. The molecule has 0 radical (unpaired) electrons. The molecule has 23 heavy (non-hydrogen) atoms. The number of carbonyl (C=O) groups excluding carboxylic acids is 2. The Hall–Kier alpha value is -1.99. The minimum atomic E-state index is -0.554. The number of halogens is 1. The Labute approximate surface area is 142 Å². The quantitative estimate of drug-likeness (QED) is 0.724. The van der Waals surface area contributed by atoms with Crippen molar-refractivity contribution in [3.8, 4) is 0 Å². The monoisotopic (exact) mass is 348 g/mol. The molecular weight excluding hydrogens is 335 g/mol. The van der Waals surface area contributed by atoms with Crippen LogP contribution in [0.2, 0.25) is 0 Å². The third-order valence-electron chi connectivity index (χ3n) is 3.37. The highest BCUT2D eigenvalue weighted by Gasteiger charge is 2.23. The van der Waals surface area contributed by atoms with E-state index in [-0.39, 0.29) is 16.8 Å². The van der Waals surface area contributed by atoms with Gasteiger partial charge in [-0.25, -0.2) is 4.39 Å². The van der Waals surface area contributed by atoms with Crippen LogP contribution >= 0.6 is 24.4 Å². The molecule has 1 atom stereocenters.